The molecule has 4 heterocycles. The Bertz CT molecular complexity index is 1360. The average molecular weight is 462 g/mol. The average Bonchev–Trinajstić information content (AvgIpc) is 3.05. The van der Waals surface area contributed by atoms with Crippen molar-refractivity contribution in [3.8, 4) is 16.9 Å². The van der Waals surface area contributed by atoms with Crippen LogP contribution in [0.3, 0.4) is 0 Å². The molecule has 3 aromatic heterocycles. The van der Waals surface area contributed by atoms with Crippen LogP contribution in [-0.2, 0) is 26.2 Å². The molecule has 1 aliphatic rings. The normalized spacial score (nSPS) is 13.6. The van der Waals surface area contributed by atoms with E-state index >= 15 is 0 Å². The molecule has 0 spiro atoms. The molecule has 4 aromatic rings. The summed E-state index contributed by atoms with van der Waals surface area (Å²) in [5.74, 6) is 0. The summed E-state index contributed by atoms with van der Waals surface area (Å²) in [5.41, 5.74) is 3.59. The summed E-state index contributed by atoms with van der Waals surface area (Å²) in [6.45, 7) is 1.77. The van der Waals surface area contributed by atoms with E-state index in [1.165, 1.54) is 28.0 Å². The van der Waals surface area contributed by atoms with Crippen molar-refractivity contribution in [1.29, 1.82) is 0 Å². The van der Waals surface area contributed by atoms with Crippen molar-refractivity contribution in [3.63, 3.8) is 0 Å². The minimum atomic E-state index is -4.56. The molecule has 1 aromatic carbocycles. The van der Waals surface area contributed by atoms with E-state index in [0.29, 0.717) is 11.3 Å². The quantitative estimate of drug-likeness (QED) is 0.492. The maximum absolute atomic E-state index is 12.8. The van der Waals surface area contributed by atoms with Crippen LogP contribution in [0, 0.1) is 0 Å². The van der Waals surface area contributed by atoms with Gasteiger partial charge in [0, 0.05) is 55.5 Å². The smallest absolute Gasteiger partial charge is 0.347 e. The van der Waals surface area contributed by atoms with Gasteiger partial charge in [-0.1, -0.05) is 6.07 Å². The van der Waals surface area contributed by atoms with E-state index in [4.69, 9.17) is 0 Å². The van der Waals surface area contributed by atoms with Crippen LogP contribution in [0.1, 0.15) is 17.0 Å². The number of alkyl halides is 3. The second-order valence-electron chi connectivity index (χ2n) is 7.54. The summed E-state index contributed by atoms with van der Waals surface area (Å²) in [5, 5.41) is 11.4. The monoisotopic (exact) mass is 461 g/mol. The molecule has 0 bridgehead atoms. The van der Waals surface area contributed by atoms with Gasteiger partial charge in [-0.25, -0.2) is 0 Å². The van der Waals surface area contributed by atoms with Crippen LogP contribution in [-0.4, -0.2) is 25.9 Å². The first kappa shape index (κ1) is 22.0. The number of hydrogen-bond acceptors (Lipinski definition) is 4. The molecule has 0 saturated heterocycles. The van der Waals surface area contributed by atoms with Gasteiger partial charge >= 0.3 is 6.18 Å². The maximum Gasteiger partial charge on any atom is 0.435 e. The fourth-order valence-electron chi connectivity index (χ4n) is 4.13. The number of halogens is 4. The predicted octanol–water partition coefficient (Wildman–Crippen LogP) is 3.87. The number of nitrogens with one attached hydrogen (secondary N) is 1. The molecule has 1 N–H and O–H groups in total. The highest BCUT2D eigenvalue weighted by atomic mass is 35.5. The van der Waals surface area contributed by atoms with Crippen LogP contribution < -0.4 is 10.9 Å². The lowest BCUT2D eigenvalue weighted by Gasteiger charge is -2.14. The summed E-state index contributed by atoms with van der Waals surface area (Å²) in [4.78, 5) is 12.8. The SMILES string of the molecule is Cl.Cn1c2c(c3ccc(-n4ccc(-c5ccc(C(F)(F)F)nn5)cc4=O)cc31)CNCC2. The lowest BCUT2D eigenvalue weighted by molar-refractivity contribution is -0.141. The third kappa shape index (κ3) is 3.67. The molecule has 5 rings (SSSR count). The zero-order chi connectivity index (χ0) is 21.8. The van der Waals surface area contributed by atoms with Crippen LogP contribution >= 0.6 is 12.4 Å². The predicted molar refractivity (Wildman–Crippen MR) is 117 cm³/mol. The molecule has 0 atom stereocenters. The molecule has 6 nitrogen and oxygen atoms in total. The standard InChI is InChI=1S/C22H18F3N5O.ClH/c1-29-18-6-8-26-12-16(18)15-3-2-14(11-19(15)29)30-9-7-13(10-21(30)31)17-4-5-20(28-27-17)22(23,24)25;/h2-5,7,9-11,26H,6,8,12H2,1H3;1H. The van der Waals surface area contributed by atoms with Gasteiger partial charge in [0.25, 0.3) is 5.56 Å². The molecule has 0 fully saturated rings. The summed E-state index contributed by atoms with van der Waals surface area (Å²) in [6, 6.07) is 11.0. The number of benzene rings is 1. The molecular weight excluding hydrogens is 443 g/mol. The third-order valence-electron chi connectivity index (χ3n) is 5.71. The van der Waals surface area contributed by atoms with Crippen molar-refractivity contribution >= 4 is 23.3 Å². The molecule has 0 aliphatic carbocycles. The van der Waals surface area contributed by atoms with E-state index in [2.05, 4.69) is 20.1 Å². The maximum atomic E-state index is 12.8. The molecule has 10 heteroatoms. The zero-order valence-corrected chi connectivity index (χ0v) is 17.8. The Morgan fingerprint density at radius 3 is 2.56 bits per heavy atom. The highest BCUT2D eigenvalue weighted by Crippen LogP contribution is 2.30. The molecule has 1 aliphatic heterocycles. The second-order valence-corrected chi connectivity index (χ2v) is 7.54. The van der Waals surface area contributed by atoms with E-state index in [0.717, 1.165) is 36.5 Å². The van der Waals surface area contributed by atoms with Gasteiger partial charge < -0.3 is 9.88 Å². The van der Waals surface area contributed by atoms with E-state index in [1.54, 1.807) is 12.3 Å². The van der Waals surface area contributed by atoms with Gasteiger partial charge in [0.1, 0.15) is 0 Å². The minimum absolute atomic E-state index is 0. The van der Waals surface area contributed by atoms with Crippen molar-refractivity contribution in [3.05, 3.63) is 76.0 Å². The first-order valence-corrected chi connectivity index (χ1v) is 9.78. The fraction of sp³-hybridized carbons (Fsp3) is 0.227. The Hall–Kier alpha value is -3.17. The van der Waals surface area contributed by atoms with Gasteiger partial charge in [-0.2, -0.15) is 13.2 Å². The summed E-state index contributed by atoms with van der Waals surface area (Å²) in [6.07, 6.45) is -2.00. The molecule has 0 radical (unpaired) electrons. The van der Waals surface area contributed by atoms with Crippen LogP contribution in [0.25, 0.3) is 27.8 Å². The van der Waals surface area contributed by atoms with Gasteiger partial charge in [0.2, 0.25) is 0 Å². The highest BCUT2D eigenvalue weighted by molar-refractivity contribution is 5.87. The van der Waals surface area contributed by atoms with Crippen molar-refractivity contribution in [2.75, 3.05) is 6.54 Å². The lowest BCUT2D eigenvalue weighted by Crippen LogP contribution is -2.24. The molecular formula is C22H19ClF3N5O. The Kier molecular flexibility index (Phi) is 5.56. The van der Waals surface area contributed by atoms with E-state index in [9.17, 15) is 18.0 Å². The van der Waals surface area contributed by atoms with Crippen LogP contribution in [0.5, 0.6) is 0 Å². The number of rotatable bonds is 2. The number of hydrogen-bond donors (Lipinski definition) is 1. The van der Waals surface area contributed by atoms with Gasteiger partial charge in [0.05, 0.1) is 16.9 Å². The van der Waals surface area contributed by atoms with Gasteiger partial charge in [0.15, 0.2) is 5.69 Å². The first-order valence-electron chi connectivity index (χ1n) is 9.78. The lowest BCUT2D eigenvalue weighted by atomic mass is 10.1. The van der Waals surface area contributed by atoms with Crippen LogP contribution in [0.4, 0.5) is 13.2 Å². The molecule has 166 valence electrons. The number of nitrogens with zero attached hydrogens (tertiary/aromatic N) is 4. The molecule has 32 heavy (non-hydrogen) atoms. The fourth-order valence-corrected chi connectivity index (χ4v) is 4.13. The van der Waals surface area contributed by atoms with Crippen LogP contribution in [0.2, 0.25) is 0 Å². The third-order valence-corrected chi connectivity index (χ3v) is 5.71. The Morgan fingerprint density at radius 1 is 1.06 bits per heavy atom. The van der Waals surface area contributed by atoms with Crippen molar-refractivity contribution in [2.24, 2.45) is 7.05 Å². The van der Waals surface area contributed by atoms with E-state index in [-0.39, 0.29) is 23.7 Å². The van der Waals surface area contributed by atoms with Gasteiger partial charge in [-0.3, -0.25) is 9.36 Å². The van der Waals surface area contributed by atoms with E-state index < -0.39 is 11.9 Å². The van der Waals surface area contributed by atoms with Crippen LogP contribution in [0.15, 0.2) is 53.5 Å². The summed E-state index contributed by atoms with van der Waals surface area (Å²) in [7, 11) is 2.03. The number of aromatic nitrogens is 4. The summed E-state index contributed by atoms with van der Waals surface area (Å²) >= 11 is 0. The molecule has 0 amide bonds. The van der Waals surface area contributed by atoms with Crippen molar-refractivity contribution < 1.29 is 13.2 Å². The van der Waals surface area contributed by atoms with Gasteiger partial charge in [-0.05, 0) is 35.9 Å². The number of pyridine rings is 1. The van der Waals surface area contributed by atoms with Crippen molar-refractivity contribution in [2.45, 2.75) is 19.1 Å². The second kappa shape index (κ2) is 8.07. The Balaban J connectivity index is 0.00000245. The minimum Gasteiger partial charge on any atom is -0.347 e. The first-order chi connectivity index (χ1) is 14.8. The molecule has 0 unspecified atom stereocenters. The Labute approximate surface area is 187 Å². The molecule has 0 saturated carbocycles. The van der Waals surface area contributed by atoms with Crippen molar-refractivity contribution in [1.82, 2.24) is 24.6 Å². The highest BCUT2D eigenvalue weighted by Gasteiger charge is 2.32. The Morgan fingerprint density at radius 2 is 1.88 bits per heavy atom. The summed E-state index contributed by atoms with van der Waals surface area (Å²) < 4.78 is 41.7. The topological polar surface area (TPSA) is 64.7 Å². The number of aryl methyl sites for hydroxylation is 1. The van der Waals surface area contributed by atoms with E-state index in [1.807, 2.05) is 25.2 Å². The number of fused-ring (bicyclic) bond motifs is 3. The zero-order valence-electron chi connectivity index (χ0n) is 17.0. The van der Waals surface area contributed by atoms with Gasteiger partial charge in [-0.15, -0.1) is 22.6 Å². The largest absolute Gasteiger partial charge is 0.435 e.